The summed E-state index contributed by atoms with van der Waals surface area (Å²) in [7, 11) is 0. The summed E-state index contributed by atoms with van der Waals surface area (Å²) in [5, 5.41) is 0.0320. The zero-order valence-electron chi connectivity index (χ0n) is 4.93. The summed E-state index contributed by atoms with van der Waals surface area (Å²) in [6.07, 6.45) is 1.92. The molecule has 0 aliphatic carbocycles. The Morgan fingerprint density at radius 2 is 2.30 bits per heavy atom. The molecule has 0 bridgehead atoms. The molecular formula is C6H4ClNO2. The molecule has 1 N–H and O–H groups in total. The Morgan fingerprint density at radius 3 is 2.80 bits per heavy atom. The van der Waals surface area contributed by atoms with Crippen molar-refractivity contribution >= 4 is 17.9 Å². The molecule has 0 saturated carbocycles. The lowest BCUT2D eigenvalue weighted by Gasteiger charge is -1.88. The first-order valence-corrected chi connectivity index (χ1v) is 2.95. The number of aldehydes is 1. The third kappa shape index (κ3) is 1.25. The fraction of sp³-hybridized carbons (Fsp3) is 0. The van der Waals surface area contributed by atoms with Crippen molar-refractivity contribution in [3.8, 4) is 0 Å². The normalized spacial score (nSPS) is 9.30. The van der Waals surface area contributed by atoms with Gasteiger partial charge in [-0.2, -0.15) is 0 Å². The van der Waals surface area contributed by atoms with Gasteiger partial charge in [-0.05, 0) is 6.07 Å². The van der Waals surface area contributed by atoms with Crippen molar-refractivity contribution in [1.29, 1.82) is 0 Å². The molecule has 0 radical (unpaired) electrons. The maximum absolute atomic E-state index is 10.6. The maximum atomic E-state index is 10.6. The van der Waals surface area contributed by atoms with Gasteiger partial charge in [-0.25, -0.2) is 0 Å². The molecule has 0 saturated heterocycles. The molecule has 10 heavy (non-hydrogen) atoms. The Hall–Kier alpha value is -1.09. The molecular weight excluding hydrogens is 154 g/mol. The van der Waals surface area contributed by atoms with E-state index in [2.05, 4.69) is 4.98 Å². The van der Waals surface area contributed by atoms with Crippen LogP contribution < -0.4 is 5.56 Å². The van der Waals surface area contributed by atoms with Crippen LogP contribution in [0.3, 0.4) is 0 Å². The third-order valence-corrected chi connectivity index (χ3v) is 1.30. The predicted octanol–water partition coefficient (Wildman–Crippen LogP) is 0.841. The summed E-state index contributed by atoms with van der Waals surface area (Å²) in [6.45, 7) is 0. The quantitative estimate of drug-likeness (QED) is 0.615. The molecule has 0 amide bonds. The summed E-state index contributed by atoms with van der Waals surface area (Å²) in [5.41, 5.74) is -0.0168. The second kappa shape index (κ2) is 2.66. The first kappa shape index (κ1) is 7.02. The molecule has 3 nitrogen and oxygen atoms in total. The van der Waals surface area contributed by atoms with Gasteiger partial charge < -0.3 is 4.98 Å². The van der Waals surface area contributed by atoms with Gasteiger partial charge in [0.2, 0.25) is 0 Å². The zero-order chi connectivity index (χ0) is 7.56. The van der Waals surface area contributed by atoms with Gasteiger partial charge in [0.25, 0.3) is 5.56 Å². The van der Waals surface area contributed by atoms with Crippen molar-refractivity contribution in [2.75, 3.05) is 0 Å². The highest BCUT2D eigenvalue weighted by Gasteiger charge is 1.95. The number of carbonyl (C=O) groups is 1. The number of aromatic nitrogens is 1. The van der Waals surface area contributed by atoms with Crippen molar-refractivity contribution in [2.24, 2.45) is 0 Å². The second-order valence-electron chi connectivity index (χ2n) is 1.73. The zero-order valence-corrected chi connectivity index (χ0v) is 5.68. The number of pyridine rings is 1. The average Bonchev–Trinajstić information content (AvgIpc) is 1.95. The predicted molar refractivity (Wildman–Crippen MR) is 37.5 cm³/mol. The molecule has 1 aromatic rings. The molecule has 4 heteroatoms. The molecule has 52 valence electrons. The number of hydrogen-bond donors (Lipinski definition) is 1. The fourth-order valence-corrected chi connectivity index (χ4v) is 0.720. The van der Waals surface area contributed by atoms with Gasteiger partial charge in [0.15, 0.2) is 6.29 Å². The first-order valence-electron chi connectivity index (χ1n) is 2.57. The van der Waals surface area contributed by atoms with Crippen LogP contribution in [-0.2, 0) is 0 Å². The minimum Gasteiger partial charge on any atom is -0.327 e. The molecule has 1 rings (SSSR count). The molecule has 0 atom stereocenters. The van der Waals surface area contributed by atoms with Gasteiger partial charge in [-0.15, -0.1) is 0 Å². The Kier molecular flexibility index (Phi) is 1.87. The van der Waals surface area contributed by atoms with Crippen LogP contribution in [0, 0.1) is 0 Å². The van der Waals surface area contributed by atoms with Crippen LogP contribution in [0.15, 0.2) is 17.1 Å². The van der Waals surface area contributed by atoms with Gasteiger partial charge in [-0.1, -0.05) is 11.6 Å². The van der Waals surface area contributed by atoms with Crippen LogP contribution >= 0.6 is 11.6 Å². The van der Waals surface area contributed by atoms with Crippen molar-refractivity contribution in [2.45, 2.75) is 0 Å². The largest absolute Gasteiger partial charge is 0.327 e. The highest BCUT2D eigenvalue weighted by Crippen LogP contribution is 2.00. The van der Waals surface area contributed by atoms with Crippen molar-refractivity contribution in [3.63, 3.8) is 0 Å². The lowest BCUT2D eigenvalue weighted by atomic mass is 10.3. The fourth-order valence-electron chi connectivity index (χ4n) is 0.539. The molecule has 0 fully saturated rings. The van der Waals surface area contributed by atoms with Gasteiger partial charge in [-0.3, -0.25) is 9.59 Å². The number of rotatable bonds is 1. The number of halogens is 1. The van der Waals surface area contributed by atoms with E-state index in [0.29, 0.717) is 11.8 Å². The number of hydrogen-bond acceptors (Lipinski definition) is 2. The summed E-state index contributed by atoms with van der Waals surface area (Å²) >= 11 is 5.39. The molecule has 0 aliphatic rings. The number of carbonyl (C=O) groups excluding carboxylic acids is 1. The van der Waals surface area contributed by atoms with Crippen LogP contribution in [0.5, 0.6) is 0 Å². The van der Waals surface area contributed by atoms with E-state index in [1.807, 2.05) is 0 Å². The molecule has 1 aromatic heterocycles. The lowest BCUT2D eigenvalue weighted by Crippen LogP contribution is -2.05. The highest BCUT2D eigenvalue weighted by molar-refractivity contribution is 6.30. The van der Waals surface area contributed by atoms with Gasteiger partial charge in [0.1, 0.15) is 5.02 Å². The minimum atomic E-state index is -0.382. The Balaban J connectivity index is 3.29. The maximum Gasteiger partial charge on any atom is 0.266 e. The molecule has 1 heterocycles. The van der Waals surface area contributed by atoms with E-state index >= 15 is 0 Å². The van der Waals surface area contributed by atoms with E-state index in [-0.39, 0.29) is 10.6 Å². The Bertz CT molecular complexity index is 305. The summed E-state index contributed by atoms with van der Waals surface area (Å²) in [4.78, 5) is 23.0. The summed E-state index contributed by atoms with van der Waals surface area (Å²) in [6, 6.07) is 1.31. The van der Waals surface area contributed by atoms with Crippen LogP contribution in [-0.4, -0.2) is 11.3 Å². The van der Waals surface area contributed by atoms with Crippen molar-refractivity contribution in [1.82, 2.24) is 4.98 Å². The average molecular weight is 158 g/mol. The molecule has 0 unspecified atom stereocenters. The Labute approximate surface area is 61.6 Å². The van der Waals surface area contributed by atoms with Gasteiger partial charge in [0, 0.05) is 11.8 Å². The van der Waals surface area contributed by atoms with Crippen LogP contribution in [0.25, 0.3) is 0 Å². The summed E-state index contributed by atoms with van der Waals surface area (Å²) in [5.74, 6) is 0. The lowest BCUT2D eigenvalue weighted by molar-refractivity contribution is 0.112. The minimum absolute atomic E-state index is 0.0320. The molecule has 0 spiro atoms. The first-order chi connectivity index (χ1) is 4.74. The van der Waals surface area contributed by atoms with Crippen LogP contribution in [0.2, 0.25) is 5.02 Å². The van der Waals surface area contributed by atoms with E-state index in [9.17, 15) is 9.59 Å². The summed E-state index contributed by atoms with van der Waals surface area (Å²) < 4.78 is 0. The topological polar surface area (TPSA) is 49.9 Å². The number of nitrogens with one attached hydrogen (secondary N) is 1. The van der Waals surface area contributed by atoms with E-state index in [1.54, 1.807) is 0 Å². The van der Waals surface area contributed by atoms with Crippen LogP contribution in [0.1, 0.15) is 10.4 Å². The monoisotopic (exact) mass is 157 g/mol. The standard InChI is InChI=1S/C6H4ClNO2/c7-5-1-4(3-9)2-8-6(5)10/h1-3H,(H,8,10). The van der Waals surface area contributed by atoms with Gasteiger partial charge >= 0.3 is 0 Å². The van der Waals surface area contributed by atoms with E-state index in [1.165, 1.54) is 12.3 Å². The van der Waals surface area contributed by atoms with Gasteiger partial charge in [0.05, 0.1) is 0 Å². The molecule has 0 aromatic carbocycles. The van der Waals surface area contributed by atoms with Crippen molar-refractivity contribution in [3.05, 3.63) is 33.2 Å². The third-order valence-electron chi connectivity index (χ3n) is 1.02. The van der Waals surface area contributed by atoms with E-state index < -0.39 is 0 Å². The highest BCUT2D eigenvalue weighted by atomic mass is 35.5. The smallest absolute Gasteiger partial charge is 0.266 e. The SMILES string of the molecule is O=Cc1c[nH]c(=O)c(Cl)c1. The second-order valence-corrected chi connectivity index (χ2v) is 2.14. The van der Waals surface area contributed by atoms with Crippen LogP contribution in [0.4, 0.5) is 0 Å². The number of H-pyrrole nitrogens is 1. The molecule has 0 aliphatic heterocycles. The Morgan fingerprint density at radius 1 is 1.60 bits per heavy atom. The number of aromatic amines is 1. The van der Waals surface area contributed by atoms with E-state index in [4.69, 9.17) is 11.6 Å². The van der Waals surface area contributed by atoms with E-state index in [0.717, 1.165) is 0 Å². The van der Waals surface area contributed by atoms with Crippen molar-refractivity contribution < 1.29 is 4.79 Å².